The normalized spacial score (nSPS) is 11.6. The molecule has 3 aromatic carbocycles. The van der Waals surface area contributed by atoms with Gasteiger partial charge in [-0.05, 0) is 60.0 Å². The molecule has 1 amide bonds. The molecule has 6 heteroatoms. The van der Waals surface area contributed by atoms with Crippen LogP contribution >= 0.6 is 0 Å². The number of anilines is 1. The fraction of sp³-hybridized carbons (Fsp3) is 0.111. The third-order valence-electron chi connectivity index (χ3n) is 5.50. The van der Waals surface area contributed by atoms with Gasteiger partial charge in [-0.2, -0.15) is 0 Å². The van der Waals surface area contributed by atoms with Crippen molar-refractivity contribution in [3.63, 3.8) is 0 Å². The fourth-order valence-corrected chi connectivity index (χ4v) is 3.66. The SMILES string of the molecule is CNc1cccc(-c2cccc([C@@H](C)NC(=O)c3ccc(=O)n(-c4ccccc4F)c3)c2)c1. The molecule has 166 valence electrons. The third kappa shape index (κ3) is 4.85. The first-order chi connectivity index (χ1) is 16.0. The van der Waals surface area contributed by atoms with E-state index in [9.17, 15) is 14.0 Å². The molecule has 5 nitrogen and oxygen atoms in total. The molecular formula is C27H24FN3O2. The van der Waals surface area contributed by atoms with E-state index in [1.807, 2.05) is 56.4 Å². The minimum Gasteiger partial charge on any atom is -0.388 e. The Kier molecular flexibility index (Phi) is 6.36. The zero-order valence-electron chi connectivity index (χ0n) is 18.4. The van der Waals surface area contributed by atoms with E-state index in [2.05, 4.69) is 16.7 Å². The van der Waals surface area contributed by atoms with Gasteiger partial charge >= 0.3 is 0 Å². The first-order valence-corrected chi connectivity index (χ1v) is 10.6. The number of halogens is 1. The number of pyridine rings is 1. The molecule has 1 aromatic heterocycles. The second kappa shape index (κ2) is 9.53. The van der Waals surface area contributed by atoms with E-state index in [4.69, 9.17) is 0 Å². The summed E-state index contributed by atoms with van der Waals surface area (Å²) in [4.78, 5) is 25.2. The summed E-state index contributed by atoms with van der Waals surface area (Å²) in [6.07, 6.45) is 1.36. The molecule has 4 aromatic rings. The van der Waals surface area contributed by atoms with E-state index < -0.39 is 11.4 Å². The van der Waals surface area contributed by atoms with Gasteiger partial charge in [0.2, 0.25) is 0 Å². The first kappa shape index (κ1) is 22.0. The molecule has 0 aliphatic rings. The molecule has 0 fully saturated rings. The van der Waals surface area contributed by atoms with E-state index in [1.54, 1.807) is 12.1 Å². The van der Waals surface area contributed by atoms with Crippen molar-refractivity contribution < 1.29 is 9.18 Å². The van der Waals surface area contributed by atoms with Crippen molar-refractivity contribution in [2.45, 2.75) is 13.0 Å². The summed E-state index contributed by atoms with van der Waals surface area (Å²) >= 11 is 0. The average molecular weight is 442 g/mol. The zero-order valence-corrected chi connectivity index (χ0v) is 18.4. The van der Waals surface area contributed by atoms with Crippen LogP contribution in [0.1, 0.15) is 28.9 Å². The van der Waals surface area contributed by atoms with Crippen molar-refractivity contribution in [2.24, 2.45) is 0 Å². The maximum atomic E-state index is 14.2. The minimum atomic E-state index is -0.537. The van der Waals surface area contributed by atoms with Crippen molar-refractivity contribution in [2.75, 3.05) is 12.4 Å². The molecule has 1 heterocycles. The van der Waals surface area contributed by atoms with Crippen molar-refractivity contribution in [3.05, 3.63) is 118 Å². The summed E-state index contributed by atoms with van der Waals surface area (Å²) in [6.45, 7) is 1.90. The lowest BCUT2D eigenvalue weighted by Crippen LogP contribution is -2.28. The van der Waals surface area contributed by atoms with Crippen LogP contribution in [0, 0.1) is 5.82 Å². The van der Waals surface area contributed by atoms with E-state index in [0.29, 0.717) is 0 Å². The molecular weight excluding hydrogens is 417 g/mol. The van der Waals surface area contributed by atoms with E-state index in [0.717, 1.165) is 26.9 Å². The van der Waals surface area contributed by atoms with Crippen LogP contribution in [-0.4, -0.2) is 17.5 Å². The summed E-state index contributed by atoms with van der Waals surface area (Å²) in [5.74, 6) is -0.889. The Morgan fingerprint density at radius 3 is 2.39 bits per heavy atom. The molecule has 0 aliphatic carbocycles. The van der Waals surface area contributed by atoms with Crippen LogP contribution in [0.15, 0.2) is 95.9 Å². The van der Waals surface area contributed by atoms with Crippen LogP contribution in [0.2, 0.25) is 0 Å². The standard InChI is InChI=1S/C27H24FN3O2/c1-18(19-7-5-8-20(15-19)21-9-6-10-23(16-21)29-2)30-27(33)22-13-14-26(32)31(17-22)25-12-4-3-11-24(25)28/h3-18,29H,1-2H3,(H,30,33)/t18-/m1/s1. The molecule has 33 heavy (non-hydrogen) atoms. The number of nitrogens with zero attached hydrogens (tertiary/aromatic N) is 1. The average Bonchev–Trinajstić information content (AvgIpc) is 2.85. The number of carbonyl (C=O) groups excluding carboxylic acids is 1. The number of benzene rings is 3. The molecule has 4 rings (SSSR count). The van der Waals surface area contributed by atoms with E-state index in [-0.39, 0.29) is 23.2 Å². The highest BCUT2D eigenvalue weighted by Gasteiger charge is 2.15. The largest absolute Gasteiger partial charge is 0.388 e. The second-order valence-electron chi connectivity index (χ2n) is 7.73. The third-order valence-corrected chi connectivity index (χ3v) is 5.50. The topological polar surface area (TPSA) is 63.1 Å². The number of hydrogen-bond acceptors (Lipinski definition) is 3. The van der Waals surface area contributed by atoms with E-state index in [1.165, 1.54) is 30.5 Å². The smallest absolute Gasteiger partial charge is 0.255 e. The van der Waals surface area contributed by atoms with Crippen LogP contribution in [0.25, 0.3) is 16.8 Å². The number of aromatic nitrogens is 1. The van der Waals surface area contributed by atoms with Gasteiger partial charge in [-0.15, -0.1) is 0 Å². The number of para-hydroxylation sites is 1. The van der Waals surface area contributed by atoms with Crippen LogP contribution in [-0.2, 0) is 0 Å². The lowest BCUT2D eigenvalue weighted by molar-refractivity contribution is 0.0939. The predicted molar refractivity (Wildman–Crippen MR) is 129 cm³/mol. The molecule has 1 atom stereocenters. The van der Waals surface area contributed by atoms with Gasteiger partial charge in [-0.3, -0.25) is 14.2 Å². The van der Waals surface area contributed by atoms with E-state index >= 15 is 0 Å². The van der Waals surface area contributed by atoms with Crippen LogP contribution in [0.5, 0.6) is 0 Å². The van der Waals surface area contributed by atoms with Crippen LogP contribution in [0.4, 0.5) is 10.1 Å². The van der Waals surface area contributed by atoms with Crippen LogP contribution in [0.3, 0.4) is 0 Å². The lowest BCUT2D eigenvalue weighted by Gasteiger charge is -2.16. The van der Waals surface area contributed by atoms with Gasteiger partial charge < -0.3 is 10.6 Å². The predicted octanol–water partition coefficient (Wildman–Crippen LogP) is 5.18. The summed E-state index contributed by atoms with van der Waals surface area (Å²) < 4.78 is 15.3. The Balaban J connectivity index is 1.57. The van der Waals surface area contributed by atoms with Gasteiger partial charge in [0.05, 0.1) is 17.3 Å². The van der Waals surface area contributed by atoms with Gasteiger partial charge in [0.25, 0.3) is 11.5 Å². The molecule has 0 saturated heterocycles. The molecule has 0 saturated carbocycles. The number of rotatable bonds is 6. The number of carbonyl (C=O) groups is 1. The monoisotopic (exact) mass is 441 g/mol. The van der Waals surface area contributed by atoms with Crippen molar-refractivity contribution >= 4 is 11.6 Å². The second-order valence-corrected chi connectivity index (χ2v) is 7.73. The quantitative estimate of drug-likeness (QED) is 0.434. The molecule has 0 bridgehead atoms. The molecule has 0 unspecified atom stereocenters. The van der Waals surface area contributed by atoms with Crippen molar-refractivity contribution in [1.29, 1.82) is 0 Å². The fourth-order valence-electron chi connectivity index (χ4n) is 3.66. The summed E-state index contributed by atoms with van der Waals surface area (Å²) in [5, 5.41) is 6.10. The Morgan fingerprint density at radius 2 is 1.64 bits per heavy atom. The summed E-state index contributed by atoms with van der Waals surface area (Å²) in [6, 6.07) is 24.5. The number of hydrogen-bond donors (Lipinski definition) is 2. The Bertz CT molecular complexity index is 1360. The highest BCUT2D eigenvalue weighted by Crippen LogP contribution is 2.25. The molecule has 0 radical (unpaired) electrons. The van der Waals surface area contributed by atoms with Gasteiger partial charge in [-0.25, -0.2) is 4.39 Å². The van der Waals surface area contributed by atoms with Gasteiger partial charge in [-0.1, -0.05) is 42.5 Å². The van der Waals surface area contributed by atoms with Crippen molar-refractivity contribution in [1.82, 2.24) is 9.88 Å². The Morgan fingerprint density at radius 1 is 0.909 bits per heavy atom. The number of nitrogens with one attached hydrogen (secondary N) is 2. The van der Waals surface area contributed by atoms with Gasteiger partial charge in [0.15, 0.2) is 0 Å². The maximum absolute atomic E-state index is 14.2. The maximum Gasteiger partial charge on any atom is 0.255 e. The Labute approximate surface area is 191 Å². The summed E-state index contributed by atoms with van der Waals surface area (Å²) in [7, 11) is 1.88. The van der Waals surface area contributed by atoms with Crippen LogP contribution < -0.4 is 16.2 Å². The zero-order chi connectivity index (χ0) is 23.4. The summed E-state index contributed by atoms with van der Waals surface area (Å²) in [5.41, 5.74) is 4.02. The highest BCUT2D eigenvalue weighted by molar-refractivity contribution is 5.94. The molecule has 0 aliphatic heterocycles. The minimum absolute atomic E-state index is 0.0988. The highest BCUT2D eigenvalue weighted by atomic mass is 19.1. The van der Waals surface area contributed by atoms with Gasteiger partial charge in [0, 0.05) is 25.0 Å². The lowest BCUT2D eigenvalue weighted by atomic mass is 9.99. The first-order valence-electron chi connectivity index (χ1n) is 10.6. The Hall–Kier alpha value is -4.19. The molecule has 2 N–H and O–H groups in total. The molecule has 0 spiro atoms. The van der Waals surface area contributed by atoms with Crippen molar-refractivity contribution in [3.8, 4) is 16.8 Å². The van der Waals surface area contributed by atoms with Gasteiger partial charge in [0.1, 0.15) is 5.82 Å². The number of amides is 1.